The molecule has 2 heterocycles. The van der Waals surface area contributed by atoms with Crippen molar-refractivity contribution in [1.82, 2.24) is 4.90 Å². The lowest BCUT2D eigenvalue weighted by Gasteiger charge is -2.23. The zero-order valence-electron chi connectivity index (χ0n) is 18.4. The summed E-state index contributed by atoms with van der Waals surface area (Å²) >= 11 is 0. The minimum absolute atomic E-state index is 0.0879. The van der Waals surface area contributed by atoms with Gasteiger partial charge in [-0.3, -0.25) is 9.59 Å². The zero-order chi connectivity index (χ0) is 23.5. The summed E-state index contributed by atoms with van der Waals surface area (Å²) in [5, 5.41) is 11.2. The molecule has 3 aromatic rings. The largest absolute Gasteiger partial charge is 0.507 e. The van der Waals surface area contributed by atoms with E-state index in [1.807, 2.05) is 12.1 Å². The van der Waals surface area contributed by atoms with E-state index in [0.717, 1.165) is 5.56 Å². The minimum atomic E-state index is -0.919. The predicted molar refractivity (Wildman–Crippen MR) is 119 cm³/mol. The molecule has 1 aliphatic rings. The number of hydrogen-bond donors (Lipinski definition) is 1. The summed E-state index contributed by atoms with van der Waals surface area (Å²) in [7, 11) is 4.50. The Kier molecular flexibility index (Phi) is 6.08. The van der Waals surface area contributed by atoms with Crippen LogP contribution in [0.4, 0.5) is 0 Å². The molecule has 0 spiro atoms. The number of hydrogen-bond acceptors (Lipinski definition) is 7. The molecular weight excluding hydrogens is 426 g/mol. The number of amides is 1. The standard InChI is InChI=1S/C25H23NO7/c1-30-16-8-6-15(7-9-16)14-26-22(20-5-4-12-33-20)21(24(28)25(26)29)23(27)18-13-17(31-2)10-11-19(18)32-3/h4-13,22,27H,14H2,1-3H3/b23-21-. The Morgan fingerprint density at radius 2 is 1.67 bits per heavy atom. The van der Waals surface area contributed by atoms with E-state index in [1.54, 1.807) is 49.6 Å². The van der Waals surface area contributed by atoms with Gasteiger partial charge < -0.3 is 28.6 Å². The van der Waals surface area contributed by atoms with Crippen molar-refractivity contribution in [1.29, 1.82) is 0 Å². The Hall–Kier alpha value is -4.20. The smallest absolute Gasteiger partial charge is 0.296 e. The van der Waals surface area contributed by atoms with Gasteiger partial charge in [0.1, 0.15) is 34.8 Å². The molecule has 1 amide bonds. The Morgan fingerprint density at radius 3 is 2.27 bits per heavy atom. The van der Waals surface area contributed by atoms with Crippen LogP contribution in [0.1, 0.15) is 22.9 Å². The third kappa shape index (κ3) is 4.03. The van der Waals surface area contributed by atoms with E-state index < -0.39 is 17.7 Å². The summed E-state index contributed by atoms with van der Waals surface area (Å²) in [5.74, 6) is -0.113. The second-order valence-electron chi connectivity index (χ2n) is 7.36. The van der Waals surface area contributed by atoms with Crippen LogP contribution in [-0.2, 0) is 16.1 Å². The van der Waals surface area contributed by atoms with Crippen molar-refractivity contribution in [2.45, 2.75) is 12.6 Å². The number of Topliss-reactive ketones (excluding diaryl/α,β-unsaturated/α-hetero) is 1. The van der Waals surface area contributed by atoms with E-state index in [-0.39, 0.29) is 23.4 Å². The number of ether oxygens (including phenoxy) is 3. The van der Waals surface area contributed by atoms with Gasteiger partial charge in [0.2, 0.25) is 0 Å². The van der Waals surface area contributed by atoms with Crippen LogP contribution in [0.25, 0.3) is 5.76 Å². The SMILES string of the molecule is COc1ccc(CN2C(=O)C(=O)/C(=C(\O)c3cc(OC)ccc3OC)C2c2ccco2)cc1. The van der Waals surface area contributed by atoms with E-state index in [9.17, 15) is 14.7 Å². The number of aliphatic hydroxyl groups excluding tert-OH is 1. The molecule has 1 aromatic heterocycles. The molecule has 8 heteroatoms. The molecule has 0 bridgehead atoms. The number of rotatable bonds is 7. The molecule has 4 rings (SSSR count). The third-order valence-electron chi connectivity index (χ3n) is 5.53. The van der Waals surface area contributed by atoms with E-state index >= 15 is 0 Å². The number of methoxy groups -OCH3 is 3. The van der Waals surface area contributed by atoms with E-state index in [2.05, 4.69) is 0 Å². The molecule has 1 fully saturated rings. The number of carbonyl (C=O) groups is 2. The minimum Gasteiger partial charge on any atom is -0.507 e. The zero-order valence-corrected chi connectivity index (χ0v) is 18.4. The summed E-state index contributed by atoms with van der Waals surface area (Å²) in [6, 6.07) is 14.4. The summed E-state index contributed by atoms with van der Waals surface area (Å²) in [4.78, 5) is 27.6. The van der Waals surface area contributed by atoms with Gasteiger partial charge >= 0.3 is 0 Å². The number of furan rings is 1. The predicted octanol–water partition coefficient (Wildman–Crippen LogP) is 3.93. The Morgan fingerprint density at radius 1 is 0.970 bits per heavy atom. The fourth-order valence-electron chi connectivity index (χ4n) is 3.86. The first-order valence-electron chi connectivity index (χ1n) is 10.2. The fraction of sp³-hybridized carbons (Fsp3) is 0.200. The van der Waals surface area contributed by atoms with Crippen LogP contribution in [0.3, 0.4) is 0 Å². The maximum absolute atomic E-state index is 13.1. The number of nitrogens with zero attached hydrogens (tertiary/aromatic N) is 1. The number of aliphatic hydroxyl groups is 1. The number of carbonyl (C=O) groups excluding carboxylic acids is 2. The molecule has 0 radical (unpaired) electrons. The maximum Gasteiger partial charge on any atom is 0.296 e. The van der Waals surface area contributed by atoms with Gasteiger partial charge in [-0.1, -0.05) is 12.1 Å². The Labute approximate surface area is 190 Å². The monoisotopic (exact) mass is 449 g/mol. The molecule has 0 saturated carbocycles. The van der Waals surface area contributed by atoms with Crippen molar-refractivity contribution in [2.24, 2.45) is 0 Å². The van der Waals surface area contributed by atoms with E-state index in [1.165, 1.54) is 25.4 Å². The van der Waals surface area contributed by atoms with Gasteiger partial charge in [-0.2, -0.15) is 0 Å². The fourth-order valence-corrected chi connectivity index (χ4v) is 3.86. The highest BCUT2D eigenvalue weighted by atomic mass is 16.5. The van der Waals surface area contributed by atoms with Crippen molar-refractivity contribution >= 4 is 17.4 Å². The van der Waals surface area contributed by atoms with E-state index in [0.29, 0.717) is 23.0 Å². The van der Waals surface area contributed by atoms with Gasteiger partial charge in [0.05, 0.1) is 38.7 Å². The normalized spacial score (nSPS) is 17.3. The third-order valence-corrected chi connectivity index (χ3v) is 5.53. The van der Waals surface area contributed by atoms with Crippen molar-refractivity contribution in [3.63, 3.8) is 0 Å². The molecule has 0 aliphatic carbocycles. The number of benzene rings is 2. The molecule has 1 N–H and O–H groups in total. The Bertz CT molecular complexity index is 1200. The molecule has 1 aliphatic heterocycles. The van der Waals surface area contributed by atoms with Gasteiger partial charge in [-0.25, -0.2) is 0 Å². The van der Waals surface area contributed by atoms with Crippen LogP contribution in [0.15, 0.2) is 70.9 Å². The van der Waals surface area contributed by atoms with Crippen LogP contribution in [0, 0.1) is 0 Å². The quantitative estimate of drug-likeness (QED) is 0.332. The van der Waals surface area contributed by atoms with Crippen molar-refractivity contribution < 1.29 is 33.3 Å². The van der Waals surface area contributed by atoms with Crippen molar-refractivity contribution in [3.05, 3.63) is 83.3 Å². The van der Waals surface area contributed by atoms with Gasteiger partial charge in [-0.15, -0.1) is 0 Å². The van der Waals surface area contributed by atoms with E-state index in [4.69, 9.17) is 18.6 Å². The van der Waals surface area contributed by atoms with Crippen LogP contribution in [0.2, 0.25) is 0 Å². The van der Waals surface area contributed by atoms with Crippen LogP contribution < -0.4 is 14.2 Å². The Balaban J connectivity index is 1.83. The molecular formula is C25H23NO7. The van der Waals surface area contributed by atoms with Gasteiger partial charge in [0.25, 0.3) is 11.7 Å². The van der Waals surface area contributed by atoms with Gasteiger partial charge in [0.15, 0.2) is 0 Å². The highest BCUT2D eigenvalue weighted by molar-refractivity contribution is 6.46. The van der Waals surface area contributed by atoms with Gasteiger partial charge in [0, 0.05) is 6.54 Å². The van der Waals surface area contributed by atoms with Crippen LogP contribution >= 0.6 is 0 Å². The second kappa shape index (κ2) is 9.12. The lowest BCUT2D eigenvalue weighted by molar-refractivity contribution is -0.140. The van der Waals surface area contributed by atoms with Crippen molar-refractivity contribution in [3.8, 4) is 17.2 Å². The number of likely N-dealkylation sites (tertiary alicyclic amines) is 1. The van der Waals surface area contributed by atoms with Gasteiger partial charge in [-0.05, 0) is 48.0 Å². The lowest BCUT2D eigenvalue weighted by atomic mass is 9.98. The highest BCUT2D eigenvalue weighted by Crippen LogP contribution is 2.42. The first-order chi connectivity index (χ1) is 16.0. The highest BCUT2D eigenvalue weighted by Gasteiger charge is 2.47. The summed E-state index contributed by atoms with van der Waals surface area (Å²) < 4.78 is 21.4. The number of ketones is 1. The average molecular weight is 449 g/mol. The first kappa shape index (κ1) is 22.0. The second-order valence-corrected chi connectivity index (χ2v) is 7.36. The lowest BCUT2D eigenvalue weighted by Crippen LogP contribution is -2.29. The summed E-state index contributed by atoms with van der Waals surface area (Å²) in [5.41, 5.74) is 0.930. The van der Waals surface area contributed by atoms with Crippen LogP contribution in [0.5, 0.6) is 17.2 Å². The van der Waals surface area contributed by atoms with Crippen LogP contribution in [-0.4, -0.2) is 43.0 Å². The van der Waals surface area contributed by atoms with Crippen molar-refractivity contribution in [2.75, 3.05) is 21.3 Å². The molecule has 33 heavy (non-hydrogen) atoms. The molecule has 1 saturated heterocycles. The molecule has 8 nitrogen and oxygen atoms in total. The molecule has 170 valence electrons. The first-order valence-corrected chi connectivity index (χ1v) is 10.2. The maximum atomic E-state index is 13.1. The molecule has 1 unspecified atom stereocenters. The summed E-state index contributed by atoms with van der Waals surface area (Å²) in [6.45, 7) is 0.131. The average Bonchev–Trinajstić information content (AvgIpc) is 3.46. The topological polar surface area (TPSA) is 98.4 Å². The molecule has 2 aromatic carbocycles. The summed E-state index contributed by atoms with van der Waals surface area (Å²) in [6.07, 6.45) is 1.45. The molecule has 1 atom stereocenters.